The third kappa shape index (κ3) is 3.19. The van der Waals surface area contributed by atoms with Crippen molar-refractivity contribution in [3.8, 4) is 5.75 Å². The maximum absolute atomic E-state index is 11.6. The second-order valence-corrected chi connectivity index (χ2v) is 6.73. The van der Waals surface area contributed by atoms with E-state index in [2.05, 4.69) is 5.32 Å². The lowest BCUT2D eigenvalue weighted by molar-refractivity contribution is -0.308. The molecule has 0 aromatic heterocycles. The fourth-order valence-corrected chi connectivity index (χ4v) is 4.07. The van der Waals surface area contributed by atoms with Gasteiger partial charge < -0.3 is 29.9 Å². The van der Waals surface area contributed by atoms with Gasteiger partial charge in [-0.05, 0) is 35.9 Å². The molecular weight excluding hydrogens is 393 g/mol. The lowest BCUT2D eigenvalue weighted by Crippen LogP contribution is -2.53. The van der Waals surface area contributed by atoms with Gasteiger partial charge in [0.05, 0.1) is 17.9 Å². The van der Waals surface area contributed by atoms with Gasteiger partial charge in [-0.3, -0.25) is 0 Å². The average molecular weight is 410 g/mol. The molecule has 2 aliphatic rings. The Morgan fingerprint density at radius 1 is 1.07 bits per heavy atom. The molecule has 2 heterocycles. The number of carboxylic acid groups (broad SMARTS) is 2. The normalized spacial score (nSPS) is 21.2. The Morgan fingerprint density at radius 3 is 2.41 bits per heavy atom. The standard InChI is InChI=1S/C17H11Cl2NO5.2CH4/c18-7-4-9(19)13-10(5-7)20-14(17(23)24)15-12(13)8-3-6(16(21)22)1-2-11(8)25-15;;/h1-5,12,14-15,20H,(H,21,22)(H,23,24);2*1H4/p-2. The summed E-state index contributed by atoms with van der Waals surface area (Å²) in [6, 6.07) is 6.20. The molecule has 6 nitrogen and oxygen atoms in total. The number of halogens is 2. The molecule has 0 radical (unpaired) electrons. The van der Waals surface area contributed by atoms with Crippen LogP contribution in [0.4, 0.5) is 5.69 Å². The smallest absolute Gasteiger partial charge is 0.135 e. The molecular formula is C19H17Cl2NO5-2. The molecule has 8 heteroatoms. The minimum atomic E-state index is -1.34. The SMILES string of the molecule is C.C.O=C([O-])c1ccc2c(c1)C1c3c(Cl)cc(Cl)cc3NC(C(=O)[O-])C1O2. The molecule has 0 aliphatic carbocycles. The minimum Gasteiger partial charge on any atom is -0.548 e. The van der Waals surface area contributed by atoms with Crippen LogP contribution in [-0.2, 0) is 4.79 Å². The van der Waals surface area contributed by atoms with E-state index < -0.39 is 30.0 Å². The van der Waals surface area contributed by atoms with Gasteiger partial charge in [-0.15, -0.1) is 0 Å². The first-order chi connectivity index (χ1) is 11.9. The van der Waals surface area contributed by atoms with Gasteiger partial charge in [0, 0.05) is 26.9 Å². The molecule has 2 aromatic rings. The van der Waals surface area contributed by atoms with E-state index in [-0.39, 0.29) is 20.4 Å². The van der Waals surface area contributed by atoms with Crippen LogP contribution < -0.4 is 20.3 Å². The van der Waals surface area contributed by atoms with E-state index in [1.54, 1.807) is 12.1 Å². The Morgan fingerprint density at radius 2 is 1.78 bits per heavy atom. The molecule has 0 amide bonds. The van der Waals surface area contributed by atoms with E-state index in [0.717, 1.165) is 0 Å². The van der Waals surface area contributed by atoms with E-state index in [1.165, 1.54) is 18.2 Å². The van der Waals surface area contributed by atoms with Gasteiger partial charge in [0.2, 0.25) is 0 Å². The molecule has 4 rings (SSSR count). The van der Waals surface area contributed by atoms with E-state index in [4.69, 9.17) is 27.9 Å². The average Bonchev–Trinajstić information content (AvgIpc) is 2.91. The zero-order valence-electron chi connectivity index (χ0n) is 12.4. The van der Waals surface area contributed by atoms with Gasteiger partial charge in [-0.25, -0.2) is 0 Å². The van der Waals surface area contributed by atoms with E-state index in [0.29, 0.717) is 32.6 Å². The van der Waals surface area contributed by atoms with Crippen LogP contribution in [0.15, 0.2) is 30.3 Å². The molecule has 3 unspecified atom stereocenters. The second-order valence-electron chi connectivity index (χ2n) is 5.89. The van der Waals surface area contributed by atoms with Crippen LogP contribution in [0.1, 0.15) is 42.3 Å². The summed E-state index contributed by atoms with van der Waals surface area (Å²) in [5.41, 5.74) is 1.55. The van der Waals surface area contributed by atoms with Gasteiger partial charge in [0.1, 0.15) is 17.9 Å². The molecule has 144 valence electrons. The maximum atomic E-state index is 11.6. The number of fused-ring (bicyclic) bond motifs is 5. The third-order valence-electron chi connectivity index (χ3n) is 4.47. The maximum Gasteiger partial charge on any atom is 0.135 e. The number of nitrogens with one attached hydrogen (secondary N) is 1. The number of carboxylic acids is 2. The lowest BCUT2D eigenvalue weighted by Gasteiger charge is -2.37. The molecule has 0 saturated heterocycles. The molecule has 0 spiro atoms. The van der Waals surface area contributed by atoms with E-state index in [1.807, 2.05) is 0 Å². The zero-order valence-corrected chi connectivity index (χ0v) is 13.9. The second kappa shape index (κ2) is 7.29. The number of carbonyl (C=O) groups is 2. The first kappa shape index (κ1) is 20.9. The van der Waals surface area contributed by atoms with Crippen molar-refractivity contribution in [1.82, 2.24) is 0 Å². The topological polar surface area (TPSA) is 102 Å². The van der Waals surface area contributed by atoms with Crippen LogP contribution in [-0.4, -0.2) is 24.1 Å². The predicted molar refractivity (Wildman–Crippen MR) is 99.4 cm³/mol. The van der Waals surface area contributed by atoms with Gasteiger partial charge in [-0.2, -0.15) is 0 Å². The summed E-state index contributed by atoms with van der Waals surface area (Å²) in [7, 11) is 0. The highest BCUT2D eigenvalue weighted by Crippen LogP contribution is 2.51. The van der Waals surface area contributed by atoms with Crippen molar-refractivity contribution >= 4 is 40.8 Å². The van der Waals surface area contributed by atoms with Crippen molar-refractivity contribution in [1.29, 1.82) is 0 Å². The number of aromatic carboxylic acids is 1. The van der Waals surface area contributed by atoms with Gasteiger partial charge in [0.15, 0.2) is 0 Å². The third-order valence-corrected chi connectivity index (χ3v) is 5.00. The van der Waals surface area contributed by atoms with Crippen LogP contribution in [0.3, 0.4) is 0 Å². The monoisotopic (exact) mass is 409 g/mol. The first-order valence-corrected chi connectivity index (χ1v) is 8.10. The summed E-state index contributed by atoms with van der Waals surface area (Å²) < 4.78 is 5.77. The van der Waals surface area contributed by atoms with E-state index in [9.17, 15) is 19.8 Å². The fourth-order valence-electron chi connectivity index (χ4n) is 3.46. The Labute approximate surface area is 166 Å². The molecule has 1 N–H and O–H groups in total. The number of anilines is 1. The van der Waals surface area contributed by atoms with Crippen LogP contribution >= 0.6 is 23.2 Å². The molecule has 0 saturated carbocycles. The Balaban J connectivity index is 0.00000131. The fraction of sp³-hybridized carbons (Fsp3) is 0.263. The lowest BCUT2D eigenvalue weighted by atomic mass is 9.80. The number of hydrogen-bond acceptors (Lipinski definition) is 6. The predicted octanol–water partition coefficient (Wildman–Crippen LogP) is 2.07. The molecule has 0 bridgehead atoms. The highest BCUT2D eigenvalue weighted by Gasteiger charge is 2.46. The zero-order chi connectivity index (χ0) is 17.9. The quantitative estimate of drug-likeness (QED) is 0.814. The summed E-state index contributed by atoms with van der Waals surface area (Å²) in [5.74, 6) is -2.85. The Bertz CT molecular complexity index is 931. The summed E-state index contributed by atoms with van der Waals surface area (Å²) >= 11 is 12.4. The number of aliphatic carboxylic acids is 1. The Hall–Kier alpha value is -2.44. The molecule has 2 aromatic carbocycles. The molecule has 0 fully saturated rings. The summed E-state index contributed by atoms with van der Waals surface area (Å²) in [6.45, 7) is 0. The van der Waals surface area contributed by atoms with Gasteiger partial charge >= 0.3 is 0 Å². The molecule has 3 atom stereocenters. The number of benzene rings is 2. The summed E-state index contributed by atoms with van der Waals surface area (Å²) in [4.78, 5) is 22.8. The number of hydrogen-bond donors (Lipinski definition) is 1. The van der Waals surface area contributed by atoms with Crippen molar-refractivity contribution in [2.24, 2.45) is 0 Å². The van der Waals surface area contributed by atoms with Crippen LogP contribution in [0.2, 0.25) is 10.0 Å². The van der Waals surface area contributed by atoms with E-state index >= 15 is 0 Å². The van der Waals surface area contributed by atoms with Crippen molar-refractivity contribution < 1.29 is 24.5 Å². The highest BCUT2D eigenvalue weighted by molar-refractivity contribution is 6.35. The molecule has 27 heavy (non-hydrogen) atoms. The van der Waals surface area contributed by atoms with Crippen LogP contribution in [0.25, 0.3) is 0 Å². The number of carbonyl (C=O) groups excluding carboxylic acids is 2. The largest absolute Gasteiger partial charge is 0.548 e. The highest BCUT2D eigenvalue weighted by atomic mass is 35.5. The van der Waals surface area contributed by atoms with Crippen molar-refractivity contribution in [2.75, 3.05) is 5.32 Å². The Kier molecular flexibility index (Phi) is 5.63. The number of rotatable bonds is 2. The van der Waals surface area contributed by atoms with Crippen molar-refractivity contribution in [2.45, 2.75) is 32.9 Å². The van der Waals surface area contributed by atoms with Crippen molar-refractivity contribution in [3.63, 3.8) is 0 Å². The van der Waals surface area contributed by atoms with Crippen LogP contribution in [0, 0.1) is 0 Å². The van der Waals surface area contributed by atoms with Crippen LogP contribution in [0.5, 0.6) is 5.75 Å². The summed E-state index contributed by atoms with van der Waals surface area (Å²) in [5, 5.41) is 26.3. The number of ether oxygens (including phenoxy) is 1. The molecule has 2 aliphatic heterocycles. The van der Waals surface area contributed by atoms with Gasteiger partial charge in [0.25, 0.3) is 0 Å². The first-order valence-electron chi connectivity index (χ1n) is 7.35. The minimum absolute atomic E-state index is 0. The van der Waals surface area contributed by atoms with Crippen molar-refractivity contribution in [3.05, 3.63) is 57.1 Å². The summed E-state index contributed by atoms with van der Waals surface area (Å²) in [6.07, 6.45) is -0.830. The van der Waals surface area contributed by atoms with Gasteiger partial charge in [-0.1, -0.05) is 38.1 Å².